The minimum Gasteiger partial charge on any atom is -0.505 e. The standard InChI is InChI=1S/C21H15N5O2/c27-19-17(20(28)24-15-8-2-1-3-9-15)13-14-7-4-5-10-16(14)18(19)25-26-21-22-11-6-12-23-21/h1-13,27H,(H,24,28)/b26-25+. The zero-order chi connectivity index (χ0) is 19.3. The third-order valence-electron chi connectivity index (χ3n) is 4.06. The summed E-state index contributed by atoms with van der Waals surface area (Å²) < 4.78 is 0. The van der Waals surface area contributed by atoms with Gasteiger partial charge in [0.15, 0.2) is 5.75 Å². The average molecular weight is 369 g/mol. The Labute approximate surface area is 160 Å². The van der Waals surface area contributed by atoms with E-state index in [4.69, 9.17) is 0 Å². The number of nitrogens with one attached hydrogen (secondary N) is 1. The molecule has 1 aromatic heterocycles. The Morgan fingerprint density at radius 2 is 1.61 bits per heavy atom. The van der Waals surface area contributed by atoms with Gasteiger partial charge in [0.1, 0.15) is 5.69 Å². The summed E-state index contributed by atoms with van der Waals surface area (Å²) in [6, 6.07) is 19.6. The lowest BCUT2D eigenvalue weighted by Crippen LogP contribution is -2.12. The quantitative estimate of drug-likeness (QED) is 0.494. The van der Waals surface area contributed by atoms with Gasteiger partial charge in [0.25, 0.3) is 11.9 Å². The van der Waals surface area contributed by atoms with Gasteiger partial charge in [-0.3, -0.25) is 4.79 Å². The summed E-state index contributed by atoms with van der Waals surface area (Å²) in [7, 11) is 0. The first-order valence-electron chi connectivity index (χ1n) is 8.52. The minimum atomic E-state index is -0.443. The highest BCUT2D eigenvalue weighted by Gasteiger charge is 2.18. The van der Waals surface area contributed by atoms with E-state index in [0.29, 0.717) is 11.1 Å². The molecule has 0 unspecified atom stereocenters. The van der Waals surface area contributed by atoms with E-state index in [1.807, 2.05) is 36.4 Å². The number of phenolic OH excluding ortho intramolecular Hbond substituents is 1. The fraction of sp³-hybridized carbons (Fsp3) is 0. The van der Waals surface area contributed by atoms with Crippen LogP contribution in [-0.2, 0) is 0 Å². The molecule has 0 atom stereocenters. The van der Waals surface area contributed by atoms with Gasteiger partial charge in [-0.15, -0.1) is 10.2 Å². The smallest absolute Gasteiger partial charge is 0.268 e. The second kappa shape index (κ2) is 7.63. The second-order valence-electron chi connectivity index (χ2n) is 5.91. The maximum atomic E-state index is 12.7. The van der Waals surface area contributed by atoms with Crippen LogP contribution in [0.4, 0.5) is 17.3 Å². The maximum Gasteiger partial charge on any atom is 0.268 e. The number of phenols is 1. The van der Waals surface area contributed by atoms with Gasteiger partial charge in [-0.05, 0) is 29.7 Å². The third-order valence-corrected chi connectivity index (χ3v) is 4.06. The van der Waals surface area contributed by atoms with Crippen molar-refractivity contribution in [1.29, 1.82) is 0 Å². The van der Waals surface area contributed by atoms with Crippen molar-refractivity contribution >= 4 is 34.0 Å². The van der Waals surface area contributed by atoms with Crippen LogP contribution in [0.1, 0.15) is 10.4 Å². The summed E-state index contributed by atoms with van der Waals surface area (Å²) in [4.78, 5) is 20.7. The van der Waals surface area contributed by atoms with E-state index in [1.54, 1.807) is 42.7 Å². The SMILES string of the molecule is O=C(Nc1ccccc1)c1cc2ccccc2c(/N=N/c2ncccn2)c1O. The number of rotatable bonds is 4. The Morgan fingerprint density at radius 3 is 2.39 bits per heavy atom. The van der Waals surface area contributed by atoms with E-state index in [2.05, 4.69) is 25.5 Å². The predicted molar refractivity (Wildman–Crippen MR) is 106 cm³/mol. The number of aromatic nitrogens is 2. The summed E-state index contributed by atoms with van der Waals surface area (Å²) in [5, 5.41) is 23.0. The van der Waals surface area contributed by atoms with Crippen LogP contribution in [0.15, 0.2) is 89.4 Å². The lowest BCUT2D eigenvalue weighted by Gasteiger charge is -2.11. The van der Waals surface area contributed by atoms with Crippen LogP contribution < -0.4 is 5.32 Å². The number of hydrogen-bond donors (Lipinski definition) is 2. The van der Waals surface area contributed by atoms with Crippen LogP contribution in [0, 0.1) is 0 Å². The highest BCUT2D eigenvalue weighted by atomic mass is 16.3. The van der Waals surface area contributed by atoms with Crippen LogP contribution >= 0.6 is 0 Å². The molecule has 7 heteroatoms. The molecule has 0 fully saturated rings. The number of hydrogen-bond acceptors (Lipinski definition) is 6. The Hall–Kier alpha value is -4.13. The van der Waals surface area contributed by atoms with Crippen LogP contribution in [-0.4, -0.2) is 21.0 Å². The first-order chi connectivity index (χ1) is 13.7. The van der Waals surface area contributed by atoms with Crippen LogP contribution in [0.25, 0.3) is 10.8 Å². The molecule has 0 aliphatic carbocycles. The fourth-order valence-corrected chi connectivity index (χ4v) is 2.75. The predicted octanol–water partition coefficient (Wildman–Crippen LogP) is 5.00. The first-order valence-corrected chi connectivity index (χ1v) is 8.52. The Balaban J connectivity index is 1.79. The monoisotopic (exact) mass is 369 g/mol. The summed E-state index contributed by atoms with van der Waals surface area (Å²) >= 11 is 0. The van der Waals surface area contributed by atoms with E-state index in [9.17, 15) is 9.90 Å². The van der Waals surface area contributed by atoms with E-state index in [1.165, 1.54) is 0 Å². The van der Waals surface area contributed by atoms with Crippen molar-refractivity contribution in [2.45, 2.75) is 0 Å². The second-order valence-corrected chi connectivity index (χ2v) is 5.91. The average Bonchev–Trinajstić information content (AvgIpc) is 2.74. The summed E-state index contributed by atoms with van der Waals surface area (Å²) in [5.74, 6) is -0.543. The number of nitrogens with zero attached hydrogens (tertiary/aromatic N) is 4. The molecule has 4 rings (SSSR count). The highest BCUT2D eigenvalue weighted by Crippen LogP contribution is 2.39. The first kappa shape index (κ1) is 17.3. The van der Waals surface area contributed by atoms with E-state index >= 15 is 0 Å². The van der Waals surface area contributed by atoms with Crippen molar-refractivity contribution in [2.75, 3.05) is 5.32 Å². The van der Waals surface area contributed by atoms with Gasteiger partial charge in [0, 0.05) is 23.5 Å². The Kier molecular flexibility index (Phi) is 4.71. The number of aromatic hydroxyl groups is 1. The molecule has 0 saturated heterocycles. The van der Waals surface area contributed by atoms with Gasteiger partial charge in [0.05, 0.1) is 5.56 Å². The summed E-state index contributed by atoms with van der Waals surface area (Å²) in [5.41, 5.74) is 0.912. The van der Waals surface area contributed by atoms with Crippen LogP contribution in [0.3, 0.4) is 0 Å². The molecular formula is C21H15N5O2. The molecule has 4 aromatic rings. The van der Waals surface area contributed by atoms with Crippen molar-refractivity contribution in [3.63, 3.8) is 0 Å². The number of azo groups is 1. The van der Waals surface area contributed by atoms with Gasteiger partial charge in [-0.2, -0.15) is 0 Å². The summed E-state index contributed by atoms with van der Waals surface area (Å²) in [6.07, 6.45) is 3.09. The van der Waals surface area contributed by atoms with E-state index in [0.717, 1.165) is 5.39 Å². The van der Waals surface area contributed by atoms with Crippen molar-refractivity contribution in [3.8, 4) is 5.75 Å². The molecule has 136 valence electrons. The van der Waals surface area contributed by atoms with Gasteiger partial charge in [-0.1, -0.05) is 42.5 Å². The van der Waals surface area contributed by atoms with Crippen molar-refractivity contribution in [3.05, 3.63) is 84.7 Å². The zero-order valence-electron chi connectivity index (χ0n) is 14.6. The molecule has 0 saturated carbocycles. The number of benzene rings is 3. The van der Waals surface area contributed by atoms with Crippen molar-refractivity contribution < 1.29 is 9.90 Å². The number of anilines is 1. The zero-order valence-corrected chi connectivity index (χ0v) is 14.6. The lowest BCUT2D eigenvalue weighted by atomic mass is 10.0. The molecule has 0 spiro atoms. The lowest BCUT2D eigenvalue weighted by molar-refractivity contribution is 0.102. The van der Waals surface area contributed by atoms with E-state index in [-0.39, 0.29) is 22.9 Å². The third kappa shape index (κ3) is 3.54. The van der Waals surface area contributed by atoms with Gasteiger partial charge in [0.2, 0.25) is 0 Å². The molecule has 28 heavy (non-hydrogen) atoms. The molecular weight excluding hydrogens is 354 g/mol. The highest BCUT2D eigenvalue weighted by molar-refractivity contribution is 6.11. The number of amides is 1. The number of carbonyl (C=O) groups excluding carboxylic acids is 1. The Morgan fingerprint density at radius 1 is 0.893 bits per heavy atom. The van der Waals surface area contributed by atoms with Gasteiger partial charge in [-0.25, -0.2) is 9.97 Å². The molecule has 7 nitrogen and oxygen atoms in total. The molecule has 1 amide bonds. The molecule has 0 aliphatic heterocycles. The summed E-state index contributed by atoms with van der Waals surface area (Å²) in [6.45, 7) is 0. The van der Waals surface area contributed by atoms with Crippen LogP contribution in [0.2, 0.25) is 0 Å². The normalized spacial score (nSPS) is 11.0. The molecule has 0 aliphatic rings. The number of fused-ring (bicyclic) bond motifs is 1. The largest absolute Gasteiger partial charge is 0.505 e. The molecule has 1 heterocycles. The maximum absolute atomic E-state index is 12.7. The van der Waals surface area contributed by atoms with Crippen molar-refractivity contribution in [1.82, 2.24) is 9.97 Å². The molecule has 3 aromatic carbocycles. The number of para-hydroxylation sites is 1. The minimum absolute atomic E-state index is 0.102. The fourth-order valence-electron chi connectivity index (χ4n) is 2.75. The van der Waals surface area contributed by atoms with Crippen LogP contribution in [0.5, 0.6) is 5.75 Å². The molecule has 0 radical (unpaired) electrons. The molecule has 2 N–H and O–H groups in total. The van der Waals surface area contributed by atoms with Gasteiger partial charge < -0.3 is 10.4 Å². The molecule has 0 bridgehead atoms. The van der Waals surface area contributed by atoms with E-state index < -0.39 is 5.91 Å². The Bertz CT molecular complexity index is 1160. The topological polar surface area (TPSA) is 99.8 Å². The van der Waals surface area contributed by atoms with Crippen molar-refractivity contribution in [2.24, 2.45) is 10.2 Å². The van der Waals surface area contributed by atoms with Gasteiger partial charge >= 0.3 is 0 Å². The number of carbonyl (C=O) groups is 1.